The van der Waals surface area contributed by atoms with E-state index in [1.165, 1.54) is 11.7 Å². The highest BCUT2D eigenvalue weighted by Crippen LogP contribution is 2.60. The Kier molecular flexibility index (Phi) is 11.6. The molecule has 1 aromatic heterocycles. The molecular weight excluding hydrogens is 802 g/mol. The van der Waals surface area contributed by atoms with Gasteiger partial charge in [0.1, 0.15) is 5.75 Å². The lowest BCUT2D eigenvalue weighted by atomic mass is 9.82. The zero-order valence-electron chi connectivity index (χ0n) is 32.9. The number of rotatable bonds is 13. The highest BCUT2D eigenvalue weighted by atomic mass is 79.9. The molecule has 0 saturated carbocycles. The van der Waals surface area contributed by atoms with E-state index in [9.17, 15) is 14.7 Å². The average molecular weight is 851 g/mol. The molecule has 2 aliphatic rings. The lowest BCUT2D eigenvalue weighted by Crippen LogP contribution is -2.52. The van der Waals surface area contributed by atoms with E-state index in [1.54, 1.807) is 35.2 Å². The van der Waals surface area contributed by atoms with Crippen LogP contribution in [0.15, 0.2) is 125 Å². The highest BCUT2D eigenvalue weighted by Gasteiger charge is 2.66. The fourth-order valence-corrected chi connectivity index (χ4v) is 13.4. The molecule has 0 unspecified atom stereocenters. The first-order valence-electron chi connectivity index (χ1n) is 19.1. The van der Waals surface area contributed by atoms with Crippen molar-refractivity contribution in [3.63, 3.8) is 0 Å². The lowest BCUT2D eigenvalue weighted by Gasteiger charge is -2.37. The number of aliphatic hydroxyl groups excluding tert-OH is 1. The average Bonchev–Trinajstić information content (AvgIpc) is 3.63. The summed E-state index contributed by atoms with van der Waals surface area (Å²) in [4.78, 5) is 46.4. The van der Waals surface area contributed by atoms with Crippen LogP contribution < -0.4 is 25.1 Å². The summed E-state index contributed by atoms with van der Waals surface area (Å²) < 4.78 is 20.4. The van der Waals surface area contributed by atoms with Crippen LogP contribution in [-0.4, -0.2) is 67.9 Å². The molecule has 7 rings (SSSR count). The molecule has 2 aliphatic heterocycles. The van der Waals surface area contributed by atoms with Gasteiger partial charge in [0.05, 0.1) is 53.7 Å². The number of benzene rings is 4. The number of ether oxygens (including phenoxy) is 3. The van der Waals surface area contributed by atoms with E-state index in [0.717, 1.165) is 37.8 Å². The number of hydrogen-bond acceptors (Lipinski definition) is 7. The van der Waals surface area contributed by atoms with E-state index in [-0.39, 0.29) is 60.7 Å². The second-order valence-electron chi connectivity index (χ2n) is 15.4. The second kappa shape index (κ2) is 16.5. The van der Waals surface area contributed by atoms with Crippen LogP contribution >= 0.6 is 15.9 Å². The minimum absolute atomic E-state index is 0.0458. The first kappa shape index (κ1) is 40.2. The number of pyridine rings is 1. The van der Waals surface area contributed by atoms with Crippen molar-refractivity contribution in [2.75, 3.05) is 32.3 Å². The Morgan fingerprint density at radius 1 is 0.912 bits per heavy atom. The second-order valence-corrected chi connectivity index (χ2v) is 21.0. The van der Waals surface area contributed by atoms with Crippen molar-refractivity contribution in [2.24, 2.45) is 5.92 Å². The maximum atomic E-state index is 15.4. The fourth-order valence-electron chi connectivity index (χ4n) is 8.98. The van der Waals surface area contributed by atoms with Crippen LogP contribution in [0.4, 0.5) is 5.69 Å². The SMILES string of the molecule is COc1ccc([Si](C)(C)[C@H]2[C@H](CC(=O)N(CCO)Cc3ccccc3)O[C@@]3(C(=O)N(Cc4cccc(-n5cccc(OC)c5=O)c4)c4ccc(Br)cc43)[C@@H]2C)cc1. The summed E-state index contributed by atoms with van der Waals surface area (Å²) >= 11 is 3.69. The zero-order chi connectivity index (χ0) is 40.5. The Hall–Kier alpha value is -5.01. The molecule has 12 heteroatoms. The van der Waals surface area contributed by atoms with Crippen LogP contribution in [0.1, 0.15) is 30.0 Å². The summed E-state index contributed by atoms with van der Waals surface area (Å²) in [7, 11) is 0.572. The number of methoxy groups -OCH3 is 2. The molecule has 4 aromatic carbocycles. The molecule has 57 heavy (non-hydrogen) atoms. The molecule has 5 aromatic rings. The molecule has 1 N–H and O–H groups in total. The van der Waals surface area contributed by atoms with Crippen molar-refractivity contribution in [1.82, 2.24) is 9.47 Å². The quantitative estimate of drug-likeness (QED) is 0.130. The Bertz CT molecular complexity index is 2320. The van der Waals surface area contributed by atoms with E-state index in [4.69, 9.17) is 14.2 Å². The number of amides is 2. The third-order valence-electron chi connectivity index (χ3n) is 11.8. The summed E-state index contributed by atoms with van der Waals surface area (Å²) in [5, 5.41) is 11.2. The molecule has 4 atom stereocenters. The Balaban J connectivity index is 1.29. The van der Waals surface area contributed by atoms with E-state index >= 15 is 4.79 Å². The molecule has 1 fully saturated rings. The third-order valence-corrected chi connectivity index (χ3v) is 16.6. The van der Waals surface area contributed by atoms with Gasteiger partial charge in [0, 0.05) is 40.9 Å². The minimum atomic E-state index is -2.54. The number of anilines is 1. The summed E-state index contributed by atoms with van der Waals surface area (Å²) in [6.45, 7) is 7.25. The van der Waals surface area contributed by atoms with Gasteiger partial charge < -0.3 is 29.1 Å². The lowest BCUT2D eigenvalue weighted by molar-refractivity contribution is -0.150. The number of nitrogens with zero attached hydrogens (tertiary/aromatic N) is 3. The van der Waals surface area contributed by atoms with E-state index < -0.39 is 19.8 Å². The van der Waals surface area contributed by atoms with Crippen molar-refractivity contribution in [3.05, 3.63) is 147 Å². The highest BCUT2D eigenvalue weighted by molar-refractivity contribution is 9.10. The van der Waals surface area contributed by atoms with Crippen LogP contribution in [0.2, 0.25) is 18.6 Å². The van der Waals surface area contributed by atoms with Gasteiger partial charge in [-0.3, -0.25) is 19.0 Å². The van der Waals surface area contributed by atoms with Crippen LogP contribution in [0.25, 0.3) is 5.69 Å². The Morgan fingerprint density at radius 3 is 2.35 bits per heavy atom. The van der Waals surface area contributed by atoms with E-state index in [0.29, 0.717) is 12.2 Å². The topological polar surface area (TPSA) is 111 Å². The Morgan fingerprint density at radius 2 is 1.65 bits per heavy atom. The third kappa shape index (κ3) is 7.47. The molecule has 1 spiro atoms. The van der Waals surface area contributed by atoms with Gasteiger partial charge >= 0.3 is 0 Å². The number of halogens is 1. The largest absolute Gasteiger partial charge is 0.497 e. The minimum Gasteiger partial charge on any atom is -0.497 e. The van der Waals surface area contributed by atoms with Crippen molar-refractivity contribution >= 4 is 46.7 Å². The molecule has 0 bridgehead atoms. The molecule has 296 valence electrons. The van der Waals surface area contributed by atoms with Gasteiger partial charge in [-0.1, -0.05) is 95.7 Å². The van der Waals surface area contributed by atoms with Crippen LogP contribution in [0, 0.1) is 5.92 Å². The maximum Gasteiger partial charge on any atom is 0.297 e. The molecule has 0 aliphatic carbocycles. The predicted octanol–water partition coefficient (Wildman–Crippen LogP) is 6.79. The van der Waals surface area contributed by atoms with Crippen molar-refractivity contribution in [3.8, 4) is 17.2 Å². The van der Waals surface area contributed by atoms with Gasteiger partial charge in [-0.2, -0.15) is 0 Å². The number of fused-ring (bicyclic) bond motifs is 2. The van der Waals surface area contributed by atoms with Gasteiger partial charge in [-0.15, -0.1) is 0 Å². The van der Waals surface area contributed by atoms with Crippen molar-refractivity contribution in [2.45, 2.75) is 56.8 Å². The molecule has 2 amide bonds. The predicted molar refractivity (Wildman–Crippen MR) is 227 cm³/mol. The molecule has 1 saturated heterocycles. The number of hydrogen-bond donors (Lipinski definition) is 1. The van der Waals surface area contributed by atoms with Gasteiger partial charge in [0.15, 0.2) is 11.4 Å². The monoisotopic (exact) mass is 849 g/mol. The van der Waals surface area contributed by atoms with Crippen molar-refractivity contribution in [1.29, 1.82) is 0 Å². The zero-order valence-corrected chi connectivity index (χ0v) is 35.4. The standard InChI is InChI=1S/C45H48BrN3O7Si/c1-30-42(57(4,5)36-19-17-35(54-2)18-20-36)40(27-41(51)47(23-24-50)28-31-11-7-6-8-12-31)56-45(30)37-26-33(46)16-21-38(37)49(44(45)53)29-32-13-9-14-34(25-32)48-22-10-15-39(55-3)43(48)52/h6-22,25-26,30,40,42,50H,23-24,27-29H2,1-5H3/t30-,40+,42-,45+/m1/s1. The molecule has 10 nitrogen and oxygen atoms in total. The first-order chi connectivity index (χ1) is 27.4. The smallest absolute Gasteiger partial charge is 0.297 e. The number of carbonyl (C=O) groups excluding carboxylic acids is 2. The number of aliphatic hydroxyl groups is 1. The Labute approximate surface area is 342 Å². The first-order valence-corrected chi connectivity index (χ1v) is 23.0. The van der Waals surface area contributed by atoms with Crippen LogP contribution in [0.3, 0.4) is 0 Å². The summed E-state index contributed by atoms with van der Waals surface area (Å²) in [6.07, 6.45) is 1.13. The van der Waals surface area contributed by atoms with Gasteiger partial charge in [0.2, 0.25) is 5.91 Å². The van der Waals surface area contributed by atoms with Gasteiger partial charge in [0.25, 0.3) is 11.5 Å². The maximum absolute atomic E-state index is 15.4. The molecular formula is C45H48BrN3O7Si. The van der Waals surface area contributed by atoms with Crippen LogP contribution in [0.5, 0.6) is 11.5 Å². The summed E-state index contributed by atoms with van der Waals surface area (Å²) in [6, 6.07) is 34.7. The summed E-state index contributed by atoms with van der Waals surface area (Å²) in [5.74, 6) is 0.321. The fraction of sp³-hybridized carbons (Fsp3) is 0.311. The normalized spacial score (nSPS) is 20.2. The number of aromatic nitrogens is 1. The van der Waals surface area contributed by atoms with Gasteiger partial charge in [-0.25, -0.2) is 0 Å². The molecule has 3 heterocycles. The molecule has 0 radical (unpaired) electrons. The number of carbonyl (C=O) groups is 2. The van der Waals surface area contributed by atoms with E-state index in [1.807, 2.05) is 84.9 Å². The van der Waals surface area contributed by atoms with Gasteiger partial charge in [-0.05, 0) is 71.3 Å². The van der Waals surface area contributed by atoms with Crippen molar-refractivity contribution < 1.29 is 28.9 Å². The van der Waals surface area contributed by atoms with E-state index in [2.05, 4.69) is 48.1 Å². The van der Waals surface area contributed by atoms with Crippen LogP contribution in [-0.2, 0) is 33.0 Å². The summed E-state index contributed by atoms with van der Waals surface area (Å²) in [5.41, 5.74) is 2.09.